The highest BCUT2D eigenvalue weighted by Crippen LogP contribution is 2.40. The van der Waals surface area contributed by atoms with E-state index in [9.17, 15) is 0 Å². The van der Waals surface area contributed by atoms with Crippen LogP contribution in [0.3, 0.4) is 0 Å². The third kappa shape index (κ3) is 6.41. The molecule has 0 N–H and O–H groups in total. The van der Waals surface area contributed by atoms with E-state index in [0.717, 1.165) is 83.7 Å². The van der Waals surface area contributed by atoms with E-state index >= 15 is 0 Å². The summed E-state index contributed by atoms with van der Waals surface area (Å²) in [6.45, 7) is 2.21. The molecule has 1 aliphatic rings. The standard InChI is InChI=1S/C56H39N7/c1-36-25-27-39(28-26-36)53-57-34-43(35-58-53)55-59-54(42-30-40(37-15-5-2-6-16-37)29-41(31-42)38-17-7-3-8-18-38)60-56(61-55)63-50-24-14-12-22-46(50)48-32-51-47(33-52(48)63)45-21-11-13-23-49(45)62(51)44-19-9-4-10-20-44/h2-25,27-36H,26H2,1H3/t36-/m0/s1. The Kier molecular flexibility index (Phi) is 8.71. The van der Waals surface area contributed by atoms with E-state index < -0.39 is 0 Å². The van der Waals surface area contributed by atoms with Crippen molar-refractivity contribution in [3.63, 3.8) is 0 Å². The third-order valence-electron chi connectivity index (χ3n) is 12.2. The van der Waals surface area contributed by atoms with E-state index in [1.807, 2.05) is 24.5 Å². The Balaban J connectivity index is 1.12. The molecule has 0 fully saturated rings. The van der Waals surface area contributed by atoms with Gasteiger partial charge in [0.15, 0.2) is 17.5 Å². The number of para-hydroxylation sites is 3. The van der Waals surface area contributed by atoms with Gasteiger partial charge >= 0.3 is 0 Å². The fourth-order valence-electron chi connectivity index (χ4n) is 9.06. The van der Waals surface area contributed by atoms with E-state index in [-0.39, 0.29) is 0 Å². The Hall–Kier alpha value is -8.29. The number of benzene rings is 7. The van der Waals surface area contributed by atoms with Crippen LogP contribution in [0.1, 0.15) is 19.2 Å². The Labute approximate surface area is 364 Å². The van der Waals surface area contributed by atoms with E-state index in [1.165, 1.54) is 5.39 Å². The summed E-state index contributed by atoms with van der Waals surface area (Å²) < 4.78 is 4.56. The Morgan fingerprint density at radius 1 is 0.429 bits per heavy atom. The highest BCUT2D eigenvalue weighted by Gasteiger charge is 2.22. The first-order valence-corrected chi connectivity index (χ1v) is 21.4. The number of hydrogen-bond acceptors (Lipinski definition) is 5. The molecule has 4 heterocycles. The van der Waals surface area contributed by atoms with Crippen molar-refractivity contribution in [3.8, 4) is 56.7 Å². The summed E-state index contributed by atoms with van der Waals surface area (Å²) in [6.07, 6.45) is 11.2. The topological polar surface area (TPSA) is 74.3 Å². The van der Waals surface area contributed by atoms with Crippen LogP contribution in [0.25, 0.3) is 106 Å². The van der Waals surface area contributed by atoms with Gasteiger partial charge in [-0.05, 0) is 89.2 Å². The third-order valence-corrected chi connectivity index (χ3v) is 12.2. The number of fused-ring (bicyclic) bond motifs is 6. The molecule has 63 heavy (non-hydrogen) atoms. The molecule has 0 saturated carbocycles. The van der Waals surface area contributed by atoms with Crippen LogP contribution in [0.2, 0.25) is 0 Å². The van der Waals surface area contributed by atoms with Crippen LogP contribution in [0.15, 0.2) is 200 Å². The van der Waals surface area contributed by atoms with Gasteiger partial charge in [0.05, 0.1) is 27.6 Å². The molecule has 298 valence electrons. The zero-order valence-electron chi connectivity index (χ0n) is 34.5. The molecular weight excluding hydrogens is 771 g/mol. The minimum absolute atomic E-state index is 0.488. The first-order chi connectivity index (χ1) is 31.1. The van der Waals surface area contributed by atoms with Gasteiger partial charge in [0, 0.05) is 50.8 Å². The van der Waals surface area contributed by atoms with Crippen molar-refractivity contribution in [1.29, 1.82) is 0 Å². The lowest BCUT2D eigenvalue weighted by molar-refractivity contribution is 0.738. The highest BCUT2D eigenvalue weighted by molar-refractivity contribution is 6.19. The molecule has 0 bridgehead atoms. The maximum atomic E-state index is 5.41. The molecular formula is C56H39N7. The predicted octanol–water partition coefficient (Wildman–Crippen LogP) is 13.5. The Morgan fingerprint density at radius 3 is 1.52 bits per heavy atom. The van der Waals surface area contributed by atoms with E-state index in [2.05, 4.69) is 192 Å². The molecule has 7 nitrogen and oxygen atoms in total. The fourth-order valence-corrected chi connectivity index (χ4v) is 9.06. The normalized spacial score (nSPS) is 13.9. The largest absolute Gasteiger partial charge is 0.309 e. The summed E-state index contributed by atoms with van der Waals surface area (Å²) in [5.74, 6) is 2.73. The van der Waals surface area contributed by atoms with Crippen LogP contribution in [-0.2, 0) is 0 Å². The molecule has 1 atom stereocenters. The predicted molar refractivity (Wildman–Crippen MR) is 257 cm³/mol. The van der Waals surface area contributed by atoms with Gasteiger partial charge in [-0.1, -0.05) is 140 Å². The minimum Gasteiger partial charge on any atom is -0.309 e. The van der Waals surface area contributed by atoms with Crippen molar-refractivity contribution in [2.45, 2.75) is 13.3 Å². The van der Waals surface area contributed by atoms with Crippen molar-refractivity contribution in [3.05, 3.63) is 206 Å². The second-order valence-corrected chi connectivity index (χ2v) is 16.3. The van der Waals surface area contributed by atoms with Gasteiger partial charge in [0.1, 0.15) is 0 Å². The summed E-state index contributed by atoms with van der Waals surface area (Å²) >= 11 is 0. The number of hydrogen-bond donors (Lipinski definition) is 0. The smallest absolute Gasteiger partial charge is 0.238 e. The molecule has 11 aromatic rings. The number of aromatic nitrogens is 7. The molecule has 12 rings (SSSR count). The summed E-state index contributed by atoms with van der Waals surface area (Å²) in [7, 11) is 0. The van der Waals surface area contributed by atoms with Crippen molar-refractivity contribution in [1.82, 2.24) is 34.1 Å². The molecule has 0 radical (unpaired) electrons. The molecule has 7 heteroatoms. The van der Waals surface area contributed by atoms with Crippen LogP contribution in [0.4, 0.5) is 0 Å². The second kappa shape index (κ2) is 15.0. The van der Waals surface area contributed by atoms with Crippen LogP contribution >= 0.6 is 0 Å². The molecule has 1 aliphatic carbocycles. The summed E-state index contributed by atoms with van der Waals surface area (Å²) in [6, 6.07) is 59.9. The van der Waals surface area contributed by atoms with Gasteiger partial charge in [-0.2, -0.15) is 9.97 Å². The van der Waals surface area contributed by atoms with Crippen molar-refractivity contribution in [2.24, 2.45) is 5.92 Å². The average molecular weight is 810 g/mol. The zero-order chi connectivity index (χ0) is 41.9. The first-order valence-electron chi connectivity index (χ1n) is 21.4. The van der Waals surface area contributed by atoms with E-state index in [0.29, 0.717) is 34.9 Å². The van der Waals surface area contributed by atoms with Gasteiger partial charge in [0.2, 0.25) is 5.95 Å². The quantitative estimate of drug-likeness (QED) is 0.160. The molecule has 7 aromatic carbocycles. The SMILES string of the molecule is C[C@H]1C=CC(c2ncc(-c3nc(-c4cc(-c5ccccc5)cc(-c5ccccc5)c4)nc(-n4c5ccccc5c5cc6c(cc54)c4ccccc4n6-c4ccccc4)n3)cn2)=CC1. The fraction of sp³-hybridized carbons (Fsp3) is 0.0536. The first kappa shape index (κ1) is 36.6. The molecule has 0 unspecified atom stereocenters. The van der Waals surface area contributed by atoms with Gasteiger partial charge < -0.3 is 4.57 Å². The maximum Gasteiger partial charge on any atom is 0.238 e. The number of allylic oxidation sites excluding steroid dienone is 4. The highest BCUT2D eigenvalue weighted by atomic mass is 15.2. The molecule has 0 spiro atoms. The molecule has 0 aliphatic heterocycles. The van der Waals surface area contributed by atoms with Gasteiger partial charge in [-0.25, -0.2) is 15.0 Å². The van der Waals surface area contributed by atoms with Gasteiger partial charge in [-0.3, -0.25) is 4.57 Å². The monoisotopic (exact) mass is 809 g/mol. The Bertz CT molecular complexity index is 3530. The summed E-state index contributed by atoms with van der Waals surface area (Å²) in [4.78, 5) is 25.7. The van der Waals surface area contributed by atoms with E-state index in [1.54, 1.807) is 0 Å². The lowest BCUT2D eigenvalue weighted by Gasteiger charge is -2.14. The van der Waals surface area contributed by atoms with Crippen LogP contribution in [-0.4, -0.2) is 34.1 Å². The van der Waals surface area contributed by atoms with E-state index in [4.69, 9.17) is 24.9 Å². The second-order valence-electron chi connectivity index (χ2n) is 16.3. The summed E-state index contributed by atoms with van der Waals surface area (Å²) in [5, 5.41) is 4.53. The van der Waals surface area contributed by atoms with Gasteiger partial charge in [-0.15, -0.1) is 0 Å². The zero-order valence-corrected chi connectivity index (χ0v) is 34.5. The van der Waals surface area contributed by atoms with Gasteiger partial charge in [0.25, 0.3) is 0 Å². The summed E-state index contributed by atoms with van der Waals surface area (Å²) in [5.41, 5.74) is 12.4. The molecule has 0 amide bonds. The van der Waals surface area contributed by atoms with Crippen LogP contribution in [0.5, 0.6) is 0 Å². The average Bonchev–Trinajstić information content (AvgIpc) is 3.86. The lowest BCUT2D eigenvalue weighted by atomic mass is 9.96. The van der Waals surface area contributed by atoms with Crippen molar-refractivity contribution >= 4 is 49.2 Å². The lowest BCUT2D eigenvalue weighted by Crippen LogP contribution is -2.07. The van der Waals surface area contributed by atoms with Crippen molar-refractivity contribution in [2.75, 3.05) is 0 Å². The number of nitrogens with zero attached hydrogens (tertiary/aromatic N) is 7. The minimum atomic E-state index is 0.488. The molecule has 4 aromatic heterocycles. The number of rotatable bonds is 7. The van der Waals surface area contributed by atoms with Crippen LogP contribution < -0.4 is 0 Å². The van der Waals surface area contributed by atoms with Crippen LogP contribution in [0, 0.1) is 5.92 Å². The Morgan fingerprint density at radius 2 is 0.937 bits per heavy atom. The maximum absolute atomic E-state index is 5.41. The van der Waals surface area contributed by atoms with Crippen molar-refractivity contribution < 1.29 is 0 Å². The molecule has 0 saturated heterocycles.